The van der Waals surface area contributed by atoms with Crippen molar-refractivity contribution < 1.29 is 43.0 Å². The monoisotopic (exact) mass is 577 g/mol. The van der Waals surface area contributed by atoms with Crippen LogP contribution in [0.1, 0.15) is 66.3 Å². The number of anilines is 1. The second-order valence-electron chi connectivity index (χ2n) is 11.0. The lowest BCUT2D eigenvalue weighted by molar-refractivity contribution is -0.161. The van der Waals surface area contributed by atoms with Crippen LogP contribution >= 0.6 is 0 Å². The molecule has 0 radical (unpaired) electrons. The van der Waals surface area contributed by atoms with E-state index in [1.165, 1.54) is 18.2 Å². The molecule has 42 heavy (non-hydrogen) atoms. The minimum Gasteiger partial charge on any atom is -0.460 e. The molecular weight excluding hydrogens is 546 g/mol. The van der Waals surface area contributed by atoms with Gasteiger partial charge in [-0.25, -0.2) is 4.79 Å². The van der Waals surface area contributed by atoms with E-state index in [0.29, 0.717) is 0 Å². The van der Waals surface area contributed by atoms with Gasteiger partial charge in [-0.1, -0.05) is 36.4 Å². The summed E-state index contributed by atoms with van der Waals surface area (Å²) in [5.41, 5.74) is -0.131. The Labute approximate surface area is 241 Å². The number of piperidine rings is 1. The van der Waals surface area contributed by atoms with Crippen LogP contribution in [0, 0.1) is 5.92 Å². The lowest BCUT2D eigenvalue weighted by atomic mass is 9.94. The molecule has 0 aliphatic carbocycles. The second kappa shape index (κ2) is 12.3. The van der Waals surface area contributed by atoms with Crippen molar-refractivity contribution >= 4 is 47.2 Å². The number of ether oxygens (including phenoxy) is 2. The Morgan fingerprint density at radius 3 is 2.38 bits per heavy atom. The van der Waals surface area contributed by atoms with Gasteiger partial charge in [-0.15, -0.1) is 0 Å². The van der Waals surface area contributed by atoms with Crippen LogP contribution in [0.25, 0.3) is 0 Å². The Balaban J connectivity index is 1.39. The van der Waals surface area contributed by atoms with E-state index >= 15 is 0 Å². The number of esters is 1. The maximum absolute atomic E-state index is 13.2. The topological polar surface area (TPSA) is 165 Å². The average Bonchev–Trinajstić information content (AvgIpc) is 3.17. The molecule has 0 bridgehead atoms. The number of ketones is 1. The number of imide groups is 2. The van der Waals surface area contributed by atoms with Crippen molar-refractivity contribution in [1.29, 1.82) is 0 Å². The zero-order chi connectivity index (χ0) is 30.6. The van der Waals surface area contributed by atoms with Crippen molar-refractivity contribution in [3.8, 4) is 0 Å². The van der Waals surface area contributed by atoms with Crippen LogP contribution in [0.2, 0.25) is 0 Å². The number of nitrogens with one attached hydrogen (secondary N) is 2. The molecule has 12 heteroatoms. The summed E-state index contributed by atoms with van der Waals surface area (Å²) in [5, 5.41) is 4.50. The fourth-order valence-electron chi connectivity index (χ4n) is 4.77. The molecule has 2 aliphatic rings. The van der Waals surface area contributed by atoms with Crippen LogP contribution in [0.3, 0.4) is 0 Å². The lowest BCUT2D eigenvalue weighted by Gasteiger charge is -2.27. The lowest BCUT2D eigenvalue weighted by Crippen LogP contribution is -2.54. The predicted molar refractivity (Wildman–Crippen MR) is 147 cm³/mol. The van der Waals surface area contributed by atoms with E-state index < -0.39 is 65.6 Å². The molecule has 0 spiro atoms. The number of rotatable bonds is 9. The van der Waals surface area contributed by atoms with Crippen molar-refractivity contribution in [2.24, 2.45) is 5.92 Å². The molecular formula is C30H31N3O9. The number of hydrogen-bond acceptors (Lipinski definition) is 9. The molecule has 2 aromatic carbocycles. The normalized spacial score (nSPS) is 17.3. The first-order valence-corrected chi connectivity index (χ1v) is 13.4. The standard InChI is InChI=1S/C30H31N3O9/c1-30(2,3)42-28(39)18(14-17-8-5-4-6-9-17)15-19(34)16-41-29(40)31-21-11-7-10-20-24(21)27(38)33(26(20)37)22-12-13-23(35)32-25(22)36/h4-11,18,22H,12-16H2,1-3H3,(H,31,40)(H,32,35,36)/t18-,22?/m1/s1. The minimum absolute atomic E-state index is 0.0163. The third kappa shape index (κ3) is 7.06. The zero-order valence-corrected chi connectivity index (χ0v) is 23.4. The summed E-state index contributed by atoms with van der Waals surface area (Å²) in [5.74, 6) is -4.67. The molecule has 2 aromatic rings. The Bertz CT molecular complexity index is 1450. The average molecular weight is 578 g/mol. The molecule has 0 aromatic heterocycles. The van der Waals surface area contributed by atoms with Crippen LogP contribution in [-0.2, 0) is 35.1 Å². The summed E-state index contributed by atoms with van der Waals surface area (Å²) in [6, 6.07) is 12.2. The Kier molecular flexibility index (Phi) is 8.84. The summed E-state index contributed by atoms with van der Waals surface area (Å²) < 4.78 is 10.6. The van der Waals surface area contributed by atoms with Crippen molar-refractivity contribution in [2.45, 2.75) is 58.1 Å². The second-order valence-corrected chi connectivity index (χ2v) is 11.0. The number of carbonyl (C=O) groups is 7. The number of Topliss-reactive ketones (excluding diaryl/α,β-unsaturated/α-hetero) is 1. The van der Waals surface area contributed by atoms with Gasteiger partial charge in [0.05, 0.1) is 22.7 Å². The minimum atomic E-state index is -1.17. The largest absolute Gasteiger partial charge is 0.460 e. The molecule has 1 saturated heterocycles. The molecule has 2 aliphatic heterocycles. The Morgan fingerprint density at radius 2 is 1.71 bits per heavy atom. The third-order valence-corrected chi connectivity index (χ3v) is 6.61. The smallest absolute Gasteiger partial charge is 0.412 e. The summed E-state index contributed by atoms with van der Waals surface area (Å²) in [7, 11) is 0. The van der Waals surface area contributed by atoms with E-state index in [1.54, 1.807) is 20.8 Å². The highest BCUT2D eigenvalue weighted by molar-refractivity contribution is 6.26. The van der Waals surface area contributed by atoms with E-state index in [2.05, 4.69) is 10.6 Å². The van der Waals surface area contributed by atoms with Gasteiger partial charge in [-0.3, -0.25) is 44.3 Å². The molecule has 4 rings (SSSR count). The van der Waals surface area contributed by atoms with E-state index in [4.69, 9.17) is 9.47 Å². The van der Waals surface area contributed by atoms with E-state index in [1.807, 2.05) is 30.3 Å². The van der Waals surface area contributed by atoms with E-state index in [9.17, 15) is 33.6 Å². The van der Waals surface area contributed by atoms with Gasteiger partial charge in [-0.2, -0.15) is 0 Å². The number of benzene rings is 2. The van der Waals surface area contributed by atoms with Gasteiger partial charge >= 0.3 is 12.1 Å². The number of fused-ring (bicyclic) bond motifs is 1. The van der Waals surface area contributed by atoms with E-state index in [0.717, 1.165) is 10.5 Å². The Morgan fingerprint density at radius 1 is 1.00 bits per heavy atom. The molecule has 0 saturated carbocycles. The van der Waals surface area contributed by atoms with Crippen LogP contribution in [0.4, 0.5) is 10.5 Å². The van der Waals surface area contributed by atoms with Gasteiger partial charge in [-0.05, 0) is 51.3 Å². The zero-order valence-electron chi connectivity index (χ0n) is 23.4. The molecule has 220 valence electrons. The number of hydrogen-bond donors (Lipinski definition) is 2. The summed E-state index contributed by atoms with van der Waals surface area (Å²) in [6.07, 6.45) is -1.09. The first kappa shape index (κ1) is 30.1. The van der Waals surface area contributed by atoms with Gasteiger partial charge in [0.1, 0.15) is 11.6 Å². The highest BCUT2D eigenvalue weighted by Gasteiger charge is 2.45. The van der Waals surface area contributed by atoms with Crippen molar-refractivity contribution in [1.82, 2.24) is 10.2 Å². The SMILES string of the molecule is CC(C)(C)OC(=O)[C@@H](CC(=O)COC(=O)Nc1cccc2c1C(=O)N(C1CCC(=O)NC1=O)C2=O)Cc1ccccc1. The highest BCUT2D eigenvalue weighted by Crippen LogP contribution is 2.32. The van der Waals surface area contributed by atoms with Gasteiger partial charge < -0.3 is 9.47 Å². The molecule has 12 nitrogen and oxygen atoms in total. The first-order chi connectivity index (χ1) is 19.8. The molecule has 1 unspecified atom stereocenters. The molecule has 2 heterocycles. The van der Waals surface area contributed by atoms with Crippen LogP contribution in [0.15, 0.2) is 48.5 Å². The maximum Gasteiger partial charge on any atom is 0.412 e. The van der Waals surface area contributed by atoms with Crippen LogP contribution in [-0.4, -0.2) is 64.6 Å². The summed E-state index contributed by atoms with van der Waals surface area (Å²) in [6.45, 7) is 4.53. The molecule has 1 fully saturated rings. The molecule has 2 atom stereocenters. The quantitative estimate of drug-likeness (QED) is 0.337. The van der Waals surface area contributed by atoms with Gasteiger partial charge in [0.2, 0.25) is 11.8 Å². The van der Waals surface area contributed by atoms with Crippen molar-refractivity contribution in [3.05, 3.63) is 65.2 Å². The van der Waals surface area contributed by atoms with Crippen LogP contribution < -0.4 is 10.6 Å². The number of carbonyl (C=O) groups excluding carboxylic acids is 7. The third-order valence-electron chi connectivity index (χ3n) is 6.61. The fraction of sp³-hybridized carbons (Fsp3) is 0.367. The van der Waals surface area contributed by atoms with Gasteiger partial charge in [0.25, 0.3) is 11.8 Å². The first-order valence-electron chi connectivity index (χ1n) is 13.4. The predicted octanol–water partition coefficient (Wildman–Crippen LogP) is 2.80. The fourth-order valence-corrected chi connectivity index (χ4v) is 4.77. The number of nitrogens with zero attached hydrogens (tertiary/aromatic N) is 1. The summed E-state index contributed by atoms with van der Waals surface area (Å²) in [4.78, 5) is 88.9. The summed E-state index contributed by atoms with van der Waals surface area (Å²) >= 11 is 0. The van der Waals surface area contributed by atoms with Gasteiger partial charge in [0, 0.05) is 12.8 Å². The van der Waals surface area contributed by atoms with Gasteiger partial charge in [0.15, 0.2) is 12.4 Å². The maximum atomic E-state index is 13.2. The van der Waals surface area contributed by atoms with Crippen molar-refractivity contribution in [2.75, 3.05) is 11.9 Å². The van der Waals surface area contributed by atoms with E-state index in [-0.39, 0.29) is 42.5 Å². The Hall–Kier alpha value is -4.87. The molecule has 5 amide bonds. The van der Waals surface area contributed by atoms with Crippen molar-refractivity contribution in [3.63, 3.8) is 0 Å². The number of amides is 5. The molecule has 2 N–H and O–H groups in total. The van der Waals surface area contributed by atoms with Crippen LogP contribution in [0.5, 0.6) is 0 Å². The highest BCUT2D eigenvalue weighted by atomic mass is 16.6.